The largest absolute Gasteiger partial charge is 0.330 e. The number of unbranched alkanes of at least 4 members (excludes halogenated alkanes) is 26. The lowest BCUT2D eigenvalue weighted by Gasteiger charge is -2.02. The Morgan fingerprint density at radius 2 is 0.400 bits per heavy atom. The first-order valence-corrected chi connectivity index (χ1v) is 16.2. The van der Waals surface area contributed by atoms with Gasteiger partial charge in [0.1, 0.15) is 0 Å². The van der Waals surface area contributed by atoms with Gasteiger partial charge in [-0.2, -0.15) is 0 Å². The first-order chi connectivity index (χ1) is 16.8. The highest BCUT2D eigenvalue weighted by Gasteiger charge is 1.94. The van der Waals surface area contributed by atoms with Gasteiger partial charge in [-0.3, -0.25) is 4.70 Å². The topological polar surface area (TPSA) is 52.0 Å². The van der Waals surface area contributed by atoms with Crippen molar-refractivity contribution in [1.82, 2.24) is 0 Å². The van der Waals surface area contributed by atoms with Crippen molar-refractivity contribution in [3.05, 3.63) is 0 Å². The summed E-state index contributed by atoms with van der Waals surface area (Å²) in [6, 6.07) is 0. The Labute approximate surface area is 222 Å². The minimum absolute atomic E-state index is 0. The lowest BCUT2D eigenvalue weighted by Crippen LogP contribution is -1.97. The van der Waals surface area contributed by atoms with Crippen LogP contribution in [0, 0.1) is 0 Å². The van der Waals surface area contributed by atoms with Gasteiger partial charge in [-0.15, -0.1) is 0 Å². The van der Waals surface area contributed by atoms with Crippen molar-refractivity contribution in [2.24, 2.45) is 11.5 Å². The highest BCUT2D eigenvalue weighted by atomic mass is 19.0. The maximum Gasteiger partial charge on any atom is -0.00773 e. The van der Waals surface area contributed by atoms with Gasteiger partial charge in [0.25, 0.3) is 0 Å². The predicted octanol–water partition coefficient (Wildman–Crippen LogP) is 11.0. The number of hydrogen-bond donors (Lipinski definition) is 2. The summed E-state index contributed by atoms with van der Waals surface area (Å²) >= 11 is 0. The van der Waals surface area contributed by atoms with E-state index in [-0.39, 0.29) is 4.70 Å². The molecule has 0 aromatic carbocycles. The number of nitrogens with two attached hydrogens (primary N) is 2. The van der Waals surface area contributed by atoms with Crippen LogP contribution in [0.1, 0.15) is 194 Å². The lowest BCUT2D eigenvalue weighted by molar-refractivity contribution is 0.536. The summed E-state index contributed by atoms with van der Waals surface area (Å²) in [5, 5.41) is 0. The molecule has 0 heterocycles. The lowest BCUT2D eigenvalue weighted by atomic mass is 10.0. The third kappa shape index (κ3) is 44.3. The molecule has 0 spiro atoms. The molecule has 0 aliphatic heterocycles. The fraction of sp³-hybridized carbons (Fsp3) is 1.00. The average Bonchev–Trinajstić information content (AvgIpc) is 2.85. The van der Waals surface area contributed by atoms with Gasteiger partial charge in [0, 0.05) is 0 Å². The first-order valence-electron chi connectivity index (χ1n) is 16.2. The average molecular weight is 503 g/mol. The van der Waals surface area contributed by atoms with Crippen LogP contribution >= 0.6 is 0 Å². The smallest absolute Gasteiger partial charge is 0.00773 e. The van der Waals surface area contributed by atoms with Crippen molar-refractivity contribution < 1.29 is 4.70 Å². The van der Waals surface area contributed by atoms with E-state index < -0.39 is 0 Å². The summed E-state index contributed by atoms with van der Waals surface area (Å²) in [5.41, 5.74) is 10.9. The normalized spacial score (nSPS) is 10.6. The Bertz CT molecular complexity index is 254. The molecule has 0 saturated carbocycles. The molecule has 216 valence electrons. The summed E-state index contributed by atoms with van der Waals surface area (Å²) in [4.78, 5) is 0. The van der Waals surface area contributed by atoms with Crippen LogP contribution in [0.15, 0.2) is 0 Å². The van der Waals surface area contributed by atoms with E-state index in [4.69, 9.17) is 11.5 Å². The fourth-order valence-electron chi connectivity index (χ4n) is 4.68. The third-order valence-electron chi connectivity index (χ3n) is 7.12. The number of rotatable bonds is 28. The molecule has 0 saturated heterocycles. The maximum absolute atomic E-state index is 5.47. The highest BCUT2D eigenvalue weighted by Crippen LogP contribution is 2.14. The van der Waals surface area contributed by atoms with Gasteiger partial charge < -0.3 is 11.5 Å². The van der Waals surface area contributed by atoms with E-state index >= 15 is 0 Å². The van der Waals surface area contributed by atoms with Crippen LogP contribution in [0.25, 0.3) is 0 Å². The zero-order valence-electron chi connectivity index (χ0n) is 24.8. The molecule has 4 N–H and O–H groups in total. The molecular weight excluding hydrogens is 431 g/mol. The molecule has 0 radical (unpaired) electrons. The summed E-state index contributed by atoms with van der Waals surface area (Å²) in [6.45, 7) is 6.32. The van der Waals surface area contributed by atoms with Gasteiger partial charge in [0.2, 0.25) is 0 Å². The molecule has 0 amide bonds. The summed E-state index contributed by atoms with van der Waals surface area (Å²) in [5.74, 6) is 0. The van der Waals surface area contributed by atoms with Gasteiger partial charge in [-0.1, -0.05) is 181 Å². The molecule has 0 atom stereocenters. The predicted molar refractivity (Wildman–Crippen MR) is 161 cm³/mol. The quantitative estimate of drug-likeness (QED) is 0.104. The molecular formula is C32H71FN2. The van der Waals surface area contributed by atoms with Crippen LogP contribution in [-0.4, -0.2) is 13.1 Å². The zero-order valence-corrected chi connectivity index (χ0v) is 24.8. The Kier molecular flexibility index (Phi) is 46.1. The van der Waals surface area contributed by atoms with Crippen LogP contribution in [-0.2, 0) is 0 Å². The molecule has 0 aromatic heterocycles. The molecule has 0 aromatic rings. The van der Waals surface area contributed by atoms with E-state index in [2.05, 4.69) is 13.8 Å². The second kappa shape index (κ2) is 41.0. The minimum Gasteiger partial charge on any atom is -0.330 e. The Balaban J connectivity index is -0.000000569. The Morgan fingerprint density at radius 1 is 0.257 bits per heavy atom. The van der Waals surface area contributed by atoms with Crippen molar-refractivity contribution >= 4 is 0 Å². The van der Waals surface area contributed by atoms with E-state index in [1.807, 2.05) is 0 Å². The van der Waals surface area contributed by atoms with Gasteiger partial charge in [0.05, 0.1) is 0 Å². The van der Waals surface area contributed by atoms with E-state index in [1.54, 1.807) is 0 Å². The van der Waals surface area contributed by atoms with Crippen molar-refractivity contribution in [3.63, 3.8) is 0 Å². The molecule has 0 bridgehead atoms. The maximum atomic E-state index is 5.47. The molecule has 0 aliphatic carbocycles. The van der Waals surface area contributed by atoms with Crippen LogP contribution in [0.2, 0.25) is 0 Å². The molecule has 0 fully saturated rings. The highest BCUT2D eigenvalue weighted by molar-refractivity contribution is 4.50. The SMILES string of the molecule is CCCCCCCCCCCCCCCCN.CCCCCCCCCCCCCCCCN.F. The minimum atomic E-state index is 0. The van der Waals surface area contributed by atoms with Gasteiger partial charge in [-0.05, 0) is 25.9 Å². The number of hydrogen-bond acceptors (Lipinski definition) is 2. The van der Waals surface area contributed by atoms with Gasteiger partial charge in [-0.25, -0.2) is 0 Å². The van der Waals surface area contributed by atoms with Crippen molar-refractivity contribution in [2.75, 3.05) is 13.1 Å². The first kappa shape index (κ1) is 39.4. The van der Waals surface area contributed by atoms with Crippen LogP contribution in [0.4, 0.5) is 4.70 Å². The fourth-order valence-corrected chi connectivity index (χ4v) is 4.68. The van der Waals surface area contributed by atoms with E-state index in [0.29, 0.717) is 0 Å². The number of halogens is 1. The standard InChI is InChI=1S/2C16H35N.FH/c2*1-2-3-4-5-6-7-8-9-10-11-12-13-14-15-16-17;/h2*2-17H2,1H3;1H. The second-order valence-corrected chi connectivity index (χ2v) is 10.8. The van der Waals surface area contributed by atoms with Crippen molar-refractivity contribution in [1.29, 1.82) is 0 Å². The van der Waals surface area contributed by atoms with Crippen molar-refractivity contribution in [2.45, 2.75) is 194 Å². The third-order valence-corrected chi connectivity index (χ3v) is 7.12. The van der Waals surface area contributed by atoms with Crippen LogP contribution < -0.4 is 11.5 Å². The van der Waals surface area contributed by atoms with E-state index in [0.717, 1.165) is 13.1 Å². The van der Waals surface area contributed by atoms with Crippen LogP contribution in [0.5, 0.6) is 0 Å². The second-order valence-electron chi connectivity index (χ2n) is 10.8. The Morgan fingerprint density at radius 3 is 0.543 bits per heavy atom. The molecule has 35 heavy (non-hydrogen) atoms. The Hall–Kier alpha value is -0.150. The molecule has 0 unspecified atom stereocenters. The molecule has 0 rings (SSSR count). The van der Waals surface area contributed by atoms with E-state index in [9.17, 15) is 0 Å². The summed E-state index contributed by atoms with van der Waals surface area (Å²) in [6.07, 6.45) is 39.7. The van der Waals surface area contributed by atoms with Crippen LogP contribution in [0.3, 0.4) is 0 Å². The zero-order chi connectivity index (χ0) is 25.2. The molecule has 2 nitrogen and oxygen atoms in total. The van der Waals surface area contributed by atoms with E-state index in [1.165, 1.54) is 180 Å². The molecule has 0 aliphatic rings. The summed E-state index contributed by atoms with van der Waals surface area (Å²) < 4.78 is 0. The summed E-state index contributed by atoms with van der Waals surface area (Å²) in [7, 11) is 0. The van der Waals surface area contributed by atoms with Crippen molar-refractivity contribution in [3.8, 4) is 0 Å². The van der Waals surface area contributed by atoms with Gasteiger partial charge >= 0.3 is 0 Å². The molecule has 3 heteroatoms. The van der Waals surface area contributed by atoms with Gasteiger partial charge in [0.15, 0.2) is 0 Å². The monoisotopic (exact) mass is 503 g/mol.